The van der Waals surface area contributed by atoms with Gasteiger partial charge in [0.2, 0.25) is 11.8 Å². The van der Waals surface area contributed by atoms with Crippen molar-refractivity contribution in [2.24, 2.45) is 0 Å². The van der Waals surface area contributed by atoms with Gasteiger partial charge in [0, 0.05) is 12.6 Å². The molecule has 5 heteroatoms. The van der Waals surface area contributed by atoms with Crippen LogP contribution in [0.4, 0.5) is 11.8 Å². The second kappa shape index (κ2) is 5.01. The average molecular weight is 222 g/mol. The Morgan fingerprint density at radius 1 is 1.44 bits per heavy atom. The van der Waals surface area contributed by atoms with E-state index in [1.807, 2.05) is 6.92 Å². The second-order valence-electron chi connectivity index (χ2n) is 4.00. The monoisotopic (exact) mass is 222 g/mol. The van der Waals surface area contributed by atoms with Gasteiger partial charge >= 0.3 is 0 Å². The van der Waals surface area contributed by atoms with Crippen molar-refractivity contribution in [2.75, 3.05) is 17.6 Å². The van der Waals surface area contributed by atoms with Crippen LogP contribution in [0, 0.1) is 0 Å². The van der Waals surface area contributed by atoms with Crippen molar-refractivity contribution in [3.8, 4) is 5.88 Å². The molecule has 1 aliphatic rings. The molecule has 88 valence electrons. The van der Waals surface area contributed by atoms with Gasteiger partial charge in [-0.15, -0.1) is 0 Å². The molecule has 1 aliphatic carbocycles. The van der Waals surface area contributed by atoms with E-state index in [0.717, 1.165) is 25.2 Å². The van der Waals surface area contributed by atoms with Crippen LogP contribution in [0.1, 0.15) is 32.6 Å². The summed E-state index contributed by atoms with van der Waals surface area (Å²) in [5.41, 5.74) is 5.62. The van der Waals surface area contributed by atoms with Gasteiger partial charge in [-0.05, 0) is 32.6 Å². The highest BCUT2D eigenvalue weighted by molar-refractivity contribution is 5.42. The summed E-state index contributed by atoms with van der Waals surface area (Å²) >= 11 is 0. The van der Waals surface area contributed by atoms with Crippen molar-refractivity contribution in [1.82, 2.24) is 9.97 Å². The maximum atomic E-state index is 5.77. The minimum atomic E-state index is 0.256. The predicted molar refractivity (Wildman–Crippen MR) is 63.5 cm³/mol. The number of nitrogen functional groups attached to an aromatic ring is 1. The van der Waals surface area contributed by atoms with E-state index in [2.05, 4.69) is 15.3 Å². The molecule has 1 fully saturated rings. The first-order valence-corrected chi connectivity index (χ1v) is 5.83. The van der Waals surface area contributed by atoms with E-state index in [0.29, 0.717) is 12.0 Å². The number of hydrogen-bond donors (Lipinski definition) is 2. The summed E-state index contributed by atoms with van der Waals surface area (Å²) < 4.78 is 5.77. The number of aromatic nitrogens is 2. The first-order chi connectivity index (χ1) is 7.78. The molecular formula is C11H18N4O. The summed E-state index contributed by atoms with van der Waals surface area (Å²) in [4.78, 5) is 8.16. The van der Waals surface area contributed by atoms with Gasteiger partial charge in [-0.2, -0.15) is 9.97 Å². The molecule has 0 unspecified atom stereocenters. The van der Waals surface area contributed by atoms with Crippen LogP contribution in [0.25, 0.3) is 0 Å². The second-order valence-corrected chi connectivity index (χ2v) is 4.00. The molecule has 3 N–H and O–H groups in total. The van der Waals surface area contributed by atoms with Crippen LogP contribution in [0.5, 0.6) is 5.88 Å². The third kappa shape index (κ3) is 2.74. The average Bonchev–Trinajstić information content (AvgIpc) is 2.70. The highest BCUT2D eigenvalue weighted by Gasteiger charge is 2.17. The number of nitrogens with one attached hydrogen (secondary N) is 1. The molecule has 0 atom stereocenters. The Hall–Kier alpha value is -1.52. The van der Waals surface area contributed by atoms with Crippen LogP contribution < -0.4 is 15.8 Å². The van der Waals surface area contributed by atoms with E-state index in [4.69, 9.17) is 10.5 Å². The van der Waals surface area contributed by atoms with Crippen LogP contribution >= 0.6 is 0 Å². The molecular weight excluding hydrogens is 204 g/mol. The molecule has 2 rings (SSSR count). The highest BCUT2D eigenvalue weighted by atomic mass is 16.5. The lowest BCUT2D eigenvalue weighted by Crippen LogP contribution is -2.13. The number of hydrogen-bond acceptors (Lipinski definition) is 5. The fraction of sp³-hybridized carbons (Fsp3) is 0.636. The minimum Gasteiger partial charge on any atom is -0.474 e. The van der Waals surface area contributed by atoms with Gasteiger partial charge < -0.3 is 15.8 Å². The number of nitrogens with two attached hydrogens (primary N) is 1. The molecule has 1 aromatic rings. The summed E-state index contributed by atoms with van der Waals surface area (Å²) in [6, 6.07) is 1.80. The smallest absolute Gasteiger partial charge is 0.225 e. The topological polar surface area (TPSA) is 73.1 Å². The zero-order valence-electron chi connectivity index (χ0n) is 9.57. The van der Waals surface area contributed by atoms with Gasteiger partial charge in [0.05, 0.1) is 0 Å². The zero-order chi connectivity index (χ0) is 11.4. The first-order valence-electron chi connectivity index (χ1n) is 5.83. The Morgan fingerprint density at radius 3 is 2.88 bits per heavy atom. The zero-order valence-corrected chi connectivity index (χ0v) is 9.57. The van der Waals surface area contributed by atoms with Crippen molar-refractivity contribution in [3.63, 3.8) is 0 Å². The maximum absolute atomic E-state index is 5.77. The highest BCUT2D eigenvalue weighted by Crippen LogP contribution is 2.24. The maximum Gasteiger partial charge on any atom is 0.225 e. The summed E-state index contributed by atoms with van der Waals surface area (Å²) in [6.45, 7) is 2.81. The Labute approximate surface area is 95.4 Å². The number of nitrogens with zero attached hydrogens (tertiary/aromatic N) is 2. The third-order valence-corrected chi connectivity index (χ3v) is 2.67. The molecule has 0 aromatic carbocycles. The summed E-state index contributed by atoms with van der Waals surface area (Å²) in [5, 5.41) is 3.10. The molecule has 0 radical (unpaired) electrons. The Bertz CT molecular complexity index is 350. The molecule has 0 spiro atoms. The van der Waals surface area contributed by atoms with Crippen LogP contribution in [-0.2, 0) is 0 Å². The van der Waals surface area contributed by atoms with Crippen molar-refractivity contribution in [3.05, 3.63) is 6.07 Å². The van der Waals surface area contributed by atoms with Crippen LogP contribution in [-0.4, -0.2) is 22.6 Å². The van der Waals surface area contributed by atoms with Gasteiger partial charge in [0.15, 0.2) is 0 Å². The van der Waals surface area contributed by atoms with Crippen LogP contribution in [0.3, 0.4) is 0 Å². The van der Waals surface area contributed by atoms with Gasteiger partial charge in [-0.1, -0.05) is 0 Å². The van der Waals surface area contributed by atoms with E-state index in [1.165, 1.54) is 12.8 Å². The normalized spacial score (nSPS) is 16.3. The summed E-state index contributed by atoms with van der Waals surface area (Å²) in [6.07, 6.45) is 5.00. The molecule has 1 heterocycles. The van der Waals surface area contributed by atoms with Crippen molar-refractivity contribution < 1.29 is 4.74 Å². The molecule has 1 saturated carbocycles. The van der Waals surface area contributed by atoms with E-state index in [-0.39, 0.29) is 5.95 Å². The largest absolute Gasteiger partial charge is 0.474 e. The Morgan fingerprint density at radius 2 is 2.19 bits per heavy atom. The van der Waals surface area contributed by atoms with E-state index >= 15 is 0 Å². The van der Waals surface area contributed by atoms with Gasteiger partial charge in [0.25, 0.3) is 0 Å². The van der Waals surface area contributed by atoms with Crippen LogP contribution in [0.15, 0.2) is 6.07 Å². The van der Waals surface area contributed by atoms with Gasteiger partial charge in [-0.3, -0.25) is 0 Å². The third-order valence-electron chi connectivity index (χ3n) is 2.67. The number of rotatable bonds is 4. The van der Waals surface area contributed by atoms with Crippen molar-refractivity contribution in [1.29, 1.82) is 0 Å². The Balaban J connectivity index is 2.06. The van der Waals surface area contributed by atoms with Gasteiger partial charge in [0.1, 0.15) is 11.9 Å². The minimum absolute atomic E-state index is 0.256. The van der Waals surface area contributed by atoms with E-state index < -0.39 is 0 Å². The lowest BCUT2D eigenvalue weighted by Gasteiger charge is -2.13. The lowest BCUT2D eigenvalue weighted by molar-refractivity contribution is 0.201. The summed E-state index contributed by atoms with van der Waals surface area (Å²) in [5.74, 6) is 1.56. The molecule has 0 saturated heterocycles. The number of ether oxygens (including phenoxy) is 1. The molecule has 5 nitrogen and oxygen atoms in total. The first kappa shape index (κ1) is 11.0. The lowest BCUT2D eigenvalue weighted by atomic mass is 10.3. The molecule has 16 heavy (non-hydrogen) atoms. The van der Waals surface area contributed by atoms with Crippen molar-refractivity contribution >= 4 is 11.8 Å². The fourth-order valence-electron chi connectivity index (χ4n) is 1.95. The molecule has 0 bridgehead atoms. The molecule has 1 aromatic heterocycles. The van der Waals surface area contributed by atoms with Crippen molar-refractivity contribution in [2.45, 2.75) is 38.7 Å². The summed E-state index contributed by atoms with van der Waals surface area (Å²) in [7, 11) is 0. The standard InChI is InChI=1S/C11H18N4O/c1-2-13-9-7-10(15-11(12)14-9)16-8-5-3-4-6-8/h7-8H,2-6H2,1H3,(H3,12,13,14,15). The SMILES string of the molecule is CCNc1cc(OC2CCCC2)nc(N)n1. The fourth-order valence-corrected chi connectivity index (χ4v) is 1.95. The van der Waals surface area contributed by atoms with Crippen LogP contribution in [0.2, 0.25) is 0 Å². The van der Waals surface area contributed by atoms with E-state index in [1.54, 1.807) is 6.07 Å². The van der Waals surface area contributed by atoms with Gasteiger partial charge in [-0.25, -0.2) is 0 Å². The quantitative estimate of drug-likeness (QED) is 0.812. The number of anilines is 2. The predicted octanol–water partition coefficient (Wildman–Crippen LogP) is 1.81. The molecule has 0 amide bonds. The molecule has 0 aliphatic heterocycles. The Kier molecular flexibility index (Phi) is 3.44. The van der Waals surface area contributed by atoms with E-state index in [9.17, 15) is 0 Å².